The van der Waals surface area contributed by atoms with Crippen LogP contribution in [0.25, 0.3) is 0 Å². The predicted molar refractivity (Wildman–Crippen MR) is 70.7 cm³/mol. The maximum absolute atomic E-state index is 11.9. The fourth-order valence-electron chi connectivity index (χ4n) is 1.94. The van der Waals surface area contributed by atoms with E-state index in [1.54, 1.807) is 18.2 Å². The number of carboxylic acids is 1. The van der Waals surface area contributed by atoms with Gasteiger partial charge < -0.3 is 10.4 Å². The number of rotatable bonds is 6. The Morgan fingerprint density at radius 3 is 2.40 bits per heavy atom. The van der Waals surface area contributed by atoms with E-state index in [1.165, 1.54) is 12.1 Å². The summed E-state index contributed by atoms with van der Waals surface area (Å²) in [5, 5.41) is 11.2. The van der Waals surface area contributed by atoms with Crippen LogP contribution in [-0.2, 0) is 19.4 Å². The van der Waals surface area contributed by atoms with Crippen LogP contribution < -0.4 is 5.32 Å². The molecule has 2 N–H and O–H groups in total. The van der Waals surface area contributed by atoms with Gasteiger partial charge in [-0.05, 0) is 18.6 Å². The van der Waals surface area contributed by atoms with Crippen molar-refractivity contribution in [3.63, 3.8) is 0 Å². The highest BCUT2D eigenvalue weighted by molar-refractivity contribution is 7.91. The number of benzene rings is 1. The average Bonchev–Trinajstić information content (AvgIpc) is 3.20. The molecule has 20 heavy (non-hydrogen) atoms. The second-order valence-electron chi connectivity index (χ2n) is 4.71. The Kier molecular flexibility index (Phi) is 4.08. The van der Waals surface area contributed by atoms with Gasteiger partial charge in [0, 0.05) is 6.54 Å². The van der Waals surface area contributed by atoms with Crippen LogP contribution in [0.2, 0.25) is 0 Å². The second-order valence-corrected chi connectivity index (χ2v) is 6.82. The molecule has 2 rings (SSSR count). The number of carbonyl (C=O) groups is 2. The molecule has 0 spiro atoms. The van der Waals surface area contributed by atoms with Gasteiger partial charge in [-0.3, -0.25) is 9.59 Å². The number of carboxylic acid groups (broad SMARTS) is 1. The van der Waals surface area contributed by atoms with Crippen molar-refractivity contribution >= 4 is 21.7 Å². The quantitative estimate of drug-likeness (QED) is 0.786. The smallest absolute Gasteiger partial charge is 0.307 e. The molecule has 2 unspecified atom stereocenters. The summed E-state index contributed by atoms with van der Waals surface area (Å²) in [6, 6.07) is 7.98. The first-order valence-corrected chi connectivity index (χ1v) is 7.85. The topological polar surface area (TPSA) is 101 Å². The molecule has 0 aromatic heterocycles. The lowest BCUT2D eigenvalue weighted by atomic mass is 10.3. The zero-order valence-corrected chi connectivity index (χ0v) is 11.5. The molecule has 0 aliphatic heterocycles. The van der Waals surface area contributed by atoms with E-state index in [-0.39, 0.29) is 23.1 Å². The molecule has 1 saturated carbocycles. The van der Waals surface area contributed by atoms with E-state index < -0.39 is 27.6 Å². The molecule has 1 aliphatic carbocycles. The Bertz CT molecular complexity index is 611. The predicted octanol–water partition coefficient (Wildman–Crippen LogP) is 0.297. The van der Waals surface area contributed by atoms with Gasteiger partial charge in [0.1, 0.15) is 0 Å². The molecule has 1 aliphatic rings. The van der Waals surface area contributed by atoms with E-state index in [4.69, 9.17) is 5.11 Å². The molecule has 2 atom stereocenters. The first kappa shape index (κ1) is 14.5. The van der Waals surface area contributed by atoms with Crippen LogP contribution in [0.4, 0.5) is 0 Å². The van der Waals surface area contributed by atoms with Gasteiger partial charge >= 0.3 is 5.97 Å². The molecule has 0 heterocycles. The van der Waals surface area contributed by atoms with Crippen LogP contribution in [0.15, 0.2) is 35.2 Å². The molecular formula is C13H15NO5S. The lowest BCUT2D eigenvalue weighted by molar-refractivity contribution is -0.140. The van der Waals surface area contributed by atoms with E-state index in [1.807, 2.05) is 0 Å². The molecule has 1 fully saturated rings. The summed E-state index contributed by atoms with van der Waals surface area (Å²) >= 11 is 0. The van der Waals surface area contributed by atoms with Crippen molar-refractivity contribution in [1.82, 2.24) is 5.32 Å². The summed E-state index contributed by atoms with van der Waals surface area (Å²) in [6.07, 6.45) is 0.326. The van der Waals surface area contributed by atoms with Gasteiger partial charge in [-0.2, -0.15) is 0 Å². The van der Waals surface area contributed by atoms with Gasteiger partial charge in [0.2, 0.25) is 5.91 Å². The highest BCUT2D eigenvalue weighted by Crippen LogP contribution is 2.38. The van der Waals surface area contributed by atoms with Crippen LogP contribution in [0.3, 0.4) is 0 Å². The van der Waals surface area contributed by atoms with Gasteiger partial charge in [-0.15, -0.1) is 0 Å². The van der Waals surface area contributed by atoms with E-state index in [0.29, 0.717) is 6.42 Å². The number of hydrogen-bond donors (Lipinski definition) is 2. The van der Waals surface area contributed by atoms with Crippen LogP contribution in [0, 0.1) is 11.8 Å². The zero-order chi connectivity index (χ0) is 14.8. The minimum atomic E-state index is -3.42. The minimum Gasteiger partial charge on any atom is -0.481 e. The molecule has 0 bridgehead atoms. The molecule has 1 aromatic rings. The molecule has 1 aromatic carbocycles. The summed E-state index contributed by atoms with van der Waals surface area (Å²) in [4.78, 5) is 22.4. The number of hydrogen-bond acceptors (Lipinski definition) is 4. The maximum Gasteiger partial charge on any atom is 0.307 e. The Morgan fingerprint density at radius 2 is 1.85 bits per heavy atom. The van der Waals surface area contributed by atoms with Gasteiger partial charge in [0.15, 0.2) is 9.84 Å². The van der Waals surface area contributed by atoms with E-state index in [0.717, 1.165) is 0 Å². The fraction of sp³-hybridized carbons (Fsp3) is 0.385. The van der Waals surface area contributed by atoms with Crippen molar-refractivity contribution in [2.75, 3.05) is 12.3 Å². The third-order valence-corrected chi connectivity index (χ3v) is 4.95. The Balaban J connectivity index is 1.82. The summed E-state index contributed by atoms with van der Waals surface area (Å²) in [6.45, 7) is -0.0150. The number of carbonyl (C=O) groups excluding carboxylic acids is 1. The van der Waals surface area contributed by atoms with Crippen molar-refractivity contribution in [2.45, 2.75) is 11.3 Å². The highest BCUT2D eigenvalue weighted by Gasteiger charge is 2.48. The third-order valence-electron chi connectivity index (χ3n) is 3.22. The van der Waals surface area contributed by atoms with Crippen LogP contribution in [0.5, 0.6) is 0 Å². The first-order chi connectivity index (χ1) is 9.42. The van der Waals surface area contributed by atoms with Gasteiger partial charge in [0.05, 0.1) is 22.5 Å². The fourth-order valence-corrected chi connectivity index (χ4v) is 3.12. The van der Waals surface area contributed by atoms with Crippen molar-refractivity contribution in [3.05, 3.63) is 30.3 Å². The van der Waals surface area contributed by atoms with Crippen molar-refractivity contribution in [3.8, 4) is 0 Å². The van der Waals surface area contributed by atoms with E-state index in [2.05, 4.69) is 5.32 Å². The second kappa shape index (κ2) is 5.62. The van der Waals surface area contributed by atoms with Crippen LogP contribution >= 0.6 is 0 Å². The lowest BCUT2D eigenvalue weighted by Crippen LogP contribution is -2.31. The molecular weight excluding hydrogens is 282 g/mol. The molecule has 0 saturated heterocycles. The van der Waals surface area contributed by atoms with Gasteiger partial charge in [0.25, 0.3) is 0 Å². The van der Waals surface area contributed by atoms with Crippen molar-refractivity contribution in [2.24, 2.45) is 11.8 Å². The Morgan fingerprint density at radius 1 is 1.20 bits per heavy atom. The molecule has 1 amide bonds. The Labute approximate surface area is 116 Å². The molecule has 7 heteroatoms. The number of nitrogens with one attached hydrogen (secondary N) is 1. The third kappa shape index (κ3) is 3.36. The monoisotopic (exact) mass is 297 g/mol. The van der Waals surface area contributed by atoms with E-state index in [9.17, 15) is 18.0 Å². The van der Waals surface area contributed by atoms with Crippen molar-refractivity contribution in [1.29, 1.82) is 0 Å². The summed E-state index contributed by atoms with van der Waals surface area (Å²) in [5.74, 6) is -2.72. The standard InChI is InChI=1S/C13H15NO5S/c15-12(10-8-11(10)13(16)17)14-6-7-20(18,19)9-4-2-1-3-5-9/h1-5,10-11H,6-8H2,(H,14,15)(H,16,17). The lowest BCUT2D eigenvalue weighted by Gasteiger charge is -2.06. The maximum atomic E-state index is 11.9. The van der Waals surface area contributed by atoms with E-state index >= 15 is 0 Å². The Hall–Kier alpha value is -1.89. The molecule has 108 valence electrons. The van der Waals surface area contributed by atoms with Crippen LogP contribution in [0.1, 0.15) is 6.42 Å². The number of aliphatic carboxylic acids is 1. The SMILES string of the molecule is O=C(O)C1CC1C(=O)NCCS(=O)(=O)c1ccccc1. The van der Waals surface area contributed by atoms with Gasteiger partial charge in [-0.1, -0.05) is 18.2 Å². The summed E-state index contributed by atoms with van der Waals surface area (Å²) in [7, 11) is -3.42. The summed E-state index contributed by atoms with van der Waals surface area (Å²) in [5.41, 5.74) is 0. The van der Waals surface area contributed by atoms with Crippen LogP contribution in [-0.4, -0.2) is 37.7 Å². The summed E-state index contributed by atoms with van der Waals surface area (Å²) < 4.78 is 23.9. The number of sulfone groups is 1. The van der Waals surface area contributed by atoms with Crippen molar-refractivity contribution < 1.29 is 23.1 Å². The molecule has 0 radical (unpaired) electrons. The zero-order valence-electron chi connectivity index (χ0n) is 10.7. The first-order valence-electron chi connectivity index (χ1n) is 6.20. The largest absolute Gasteiger partial charge is 0.481 e. The number of amides is 1. The molecule has 6 nitrogen and oxygen atoms in total. The minimum absolute atomic E-state index is 0.0150. The van der Waals surface area contributed by atoms with Gasteiger partial charge in [-0.25, -0.2) is 8.42 Å². The highest BCUT2D eigenvalue weighted by atomic mass is 32.2. The average molecular weight is 297 g/mol. The normalized spacial score (nSPS) is 21.2.